The average molecular weight is 424 g/mol. The molecule has 1 saturated carbocycles. The first-order valence-electron chi connectivity index (χ1n) is 12.0. The van der Waals surface area contributed by atoms with Crippen molar-refractivity contribution in [2.24, 2.45) is 17.8 Å². The van der Waals surface area contributed by atoms with Gasteiger partial charge in [0.05, 0.1) is 6.04 Å². The molecule has 4 rings (SSSR count). The minimum absolute atomic E-state index is 0.120. The third-order valence-corrected chi connectivity index (χ3v) is 7.45. The number of hydrogen-bond donors (Lipinski definition) is 1. The van der Waals surface area contributed by atoms with Gasteiger partial charge in [-0.3, -0.25) is 9.59 Å². The number of nitrogens with zero attached hydrogens (tertiary/aromatic N) is 2. The predicted molar refractivity (Wildman–Crippen MR) is 125 cm³/mol. The van der Waals surface area contributed by atoms with E-state index >= 15 is 0 Å². The predicted octanol–water partition coefficient (Wildman–Crippen LogP) is 4.92. The summed E-state index contributed by atoms with van der Waals surface area (Å²) in [7, 11) is 1.90. The lowest BCUT2D eigenvalue weighted by atomic mass is 9.80. The molecule has 1 aliphatic carbocycles. The molecular weight excluding hydrogens is 386 g/mol. The van der Waals surface area contributed by atoms with E-state index < -0.39 is 0 Å². The molecule has 1 aromatic heterocycles. The second-order valence-corrected chi connectivity index (χ2v) is 9.88. The first kappa shape index (κ1) is 21.9. The molecule has 5 heteroatoms. The fraction of sp³-hybridized carbons (Fsp3) is 0.615. The van der Waals surface area contributed by atoms with Crippen LogP contribution in [0.25, 0.3) is 10.9 Å². The van der Waals surface area contributed by atoms with Gasteiger partial charge in [-0.05, 0) is 55.6 Å². The van der Waals surface area contributed by atoms with Gasteiger partial charge < -0.3 is 14.8 Å². The lowest BCUT2D eigenvalue weighted by Crippen LogP contribution is -2.46. The van der Waals surface area contributed by atoms with Crippen molar-refractivity contribution >= 4 is 22.7 Å². The van der Waals surface area contributed by atoms with E-state index in [1.807, 2.05) is 18.9 Å². The molecule has 2 amide bonds. The summed E-state index contributed by atoms with van der Waals surface area (Å²) in [5.74, 6) is 1.55. The Balaban J connectivity index is 1.46. The molecule has 1 unspecified atom stereocenters. The Kier molecular flexibility index (Phi) is 6.40. The number of rotatable bonds is 5. The van der Waals surface area contributed by atoms with Crippen LogP contribution >= 0.6 is 0 Å². The Labute approximate surface area is 186 Å². The van der Waals surface area contributed by atoms with E-state index in [1.54, 1.807) is 0 Å². The van der Waals surface area contributed by atoms with E-state index in [0.29, 0.717) is 24.2 Å². The van der Waals surface area contributed by atoms with E-state index in [2.05, 4.69) is 48.0 Å². The summed E-state index contributed by atoms with van der Waals surface area (Å²) >= 11 is 0. The molecule has 0 bridgehead atoms. The fourth-order valence-corrected chi connectivity index (χ4v) is 5.80. The van der Waals surface area contributed by atoms with Crippen molar-refractivity contribution in [3.8, 4) is 0 Å². The van der Waals surface area contributed by atoms with Gasteiger partial charge in [-0.2, -0.15) is 0 Å². The smallest absolute Gasteiger partial charge is 0.226 e. The first-order valence-corrected chi connectivity index (χ1v) is 12.0. The van der Waals surface area contributed by atoms with Crippen LogP contribution in [0.2, 0.25) is 0 Å². The molecule has 1 fully saturated rings. The number of carbonyl (C=O) groups excluding carboxylic acids is 2. The van der Waals surface area contributed by atoms with Crippen LogP contribution in [-0.2, 0) is 16.0 Å². The zero-order valence-electron chi connectivity index (χ0n) is 19.5. The zero-order valence-corrected chi connectivity index (χ0v) is 19.5. The number of aromatic nitrogens is 1. The lowest BCUT2D eigenvalue weighted by Gasteiger charge is -2.41. The van der Waals surface area contributed by atoms with Crippen molar-refractivity contribution in [1.29, 1.82) is 0 Å². The second kappa shape index (κ2) is 9.05. The number of amides is 2. The molecule has 2 aromatic rings. The largest absolute Gasteiger partial charge is 0.356 e. The maximum absolute atomic E-state index is 13.6. The molecule has 0 saturated heterocycles. The summed E-state index contributed by atoms with van der Waals surface area (Å²) in [5.41, 5.74) is 3.81. The van der Waals surface area contributed by atoms with E-state index in [0.717, 1.165) is 45.2 Å². The molecule has 1 aliphatic heterocycles. The summed E-state index contributed by atoms with van der Waals surface area (Å²) in [6, 6.07) is 8.62. The standard InChI is InChI=1S/C26H37N3O2/c1-5-23(30)28(4)16-18-10-12-19(13-11-18)26(31)29-15-14-21-20-8-6-7-9-22(20)27-24(21)25(29)17(2)3/h6-9,17-19,25,27H,5,10-16H2,1-4H3/t18-,19-,25?. The summed E-state index contributed by atoms with van der Waals surface area (Å²) in [6.07, 6.45) is 5.45. The molecule has 2 heterocycles. The van der Waals surface area contributed by atoms with Gasteiger partial charge in [0.2, 0.25) is 11.8 Å². The van der Waals surface area contributed by atoms with Crippen molar-refractivity contribution < 1.29 is 9.59 Å². The highest BCUT2D eigenvalue weighted by Crippen LogP contribution is 2.40. The van der Waals surface area contributed by atoms with E-state index in [4.69, 9.17) is 0 Å². The van der Waals surface area contributed by atoms with Crippen molar-refractivity contribution in [3.05, 3.63) is 35.5 Å². The van der Waals surface area contributed by atoms with E-state index in [9.17, 15) is 9.59 Å². The molecule has 1 aromatic carbocycles. The van der Waals surface area contributed by atoms with E-state index in [1.165, 1.54) is 22.2 Å². The number of para-hydroxylation sites is 1. The molecule has 2 aliphatic rings. The van der Waals surface area contributed by atoms with Gasteiger partial charge in [-0.1, -0.05) is 39.0 Å². The molecule has 168 valence electrons. The monoisotopic (exact) mass is 423 g/mol. The molecule has 1 atom stereocenters. The second-order valence-electron chi connectivity index (χ2n) is 9.88. The van der Waals surface area contributed by atoms with Crippen LogP contribution in [0.4, 0.5) is 0 Å². The molecule has 0 spiro atoms. The Hall–Kier alpha value is -2.30. The summed E-state index contributed by atoms with van der Waals surface area (Å²) in [5, 5.41) is 1.31. The average Bonchev–Trinajstić information content (AvgIpc) is 3.16. The summed E-state index contributed by atoms with van der Waals surface area (Å²) < 4.78 is 0. The maximum atomic E-state index is 13.6. The quantitative estimate of drug-likeness (QED) is 0.742. The lowest BCUT2D eigenvalue weighted by molar-refractivity contribution is -0.141. The van der Waals surface area contributed by atoms with Crippen LogP contribution in [0, 0.1) is 17.8 Å². The van der Waals surface area contributed by atoms with Crippen molar-refractivity contribution in [2.75, 3.05) is 20.1 Å². The zero-order chi connectivity index (χ0) is 22.1. The van der Waals surface area contributed by atoms with Crippen molar-refractivity contribution in [3.63, 3.8) is 0 Å². The first-order chi connectivity index (χ1) is 14.9. The van der Waals surface area contributed by atoms with Crippen LogP contribution in [0.5, 0.6) is 0 Å². The highest BCUT2D eigenvalue weighted by molar-refractivity contribution is 5.86. The van der Waals surface area contributed by atoms with Gasteiger partial charge in [0.1, 0.15) is 0 Å². The van der Waals surface area contributed by atoms with Gasteiger partial charge in [0.15, 0.2) is 0 Å². The normalized spacial score (nSPS) is 23.8. The number of fused-ring (bicyclic) bond motifs is 3. The third kappa shape index (κ3) is 4.24. The Morgan fingerprint density at radius 3 is 2.55 bits per heavy atom. The van der Waals surface area contributed by atoms with Crippen LogP contribution < -0.4 is 0 Å². The van der Waals surface area contributed by atoms with Crippen LogP contribution in [0.15, 0.2) is 24.3 Å². The molecular formula is C26H37N3O2. The van der Waals surface area contributed by atoms with Crippen LogP contribution in [0.3, 0.4) is 0 Å². The highest BCUT2D eigenvalue weighted by Gasteiger charge is 2.38. The highest BCUT2D eigenvalue weighted by atomic mass is 16.2. The maximum Gasteiger partial charge on any atom is 0.226 e. The van der Waals surface area contributed by atoms with Crippen LogP contribution in [0.1, 0.15) is 70.2 Å². The molecule has 31 heavy (non-hydrogen) atoms. The number of carbonyl (C=O) groups is 2. The number of benzene rings is 1. The van der Waals surface area contributed by atoms with Gasteiger partial charge >= 0.3 is 0 Å². The van der Waals surface area contributed by atoms with Crippen molar-refractivity contribution in [2.45, 2.75) is 65.3 Å². The minimum atomic E-state index is 0.120. The molecule has 1 N–H and O–H groups in total. The SMILES string of the molecule is CCC(=O)N(C)C[C@H]1CC[C@H](C(=O)N2CCc3c([nH]c4ccccc34)C2C(C)C)CC1. The third-order valence-electron chi connectivity index (χ3n) is 7.45. The number of H-pyrrole nitrogens is 1. The van der Waals surface area contributed by atoms with Gasteiger partial charge in [0, 0.05) is 49.1 Å². The molecule has 0 radical (unpaired) electrons. The Morgan fingerprint density at radius 1 is 1.16 bits per heavy atom. The summed E-state index contributed by atoms with van der Waals surface area (Å²) in [6.45, 7) is 8.00. The van der Waals surface area contributed by atoms with Gasteiger partial charge in [-0.25, -0.2) is 0 Å². The summed E-state index contributed by atoms with van der Waals surface area (Å²) in [4.78, 5) is 33.2. The Morgan fingerprint density at radius 2 is 1.87 bits per heavy atom. The van der Waals surface area contributed by atoms with E-state index in [-0.39, 0.29) is 17.9 Å². The molecule has 5 nitrogen and oxygen atoms in total. The minimum Gasteiger partial charge on any atom is -0.356 e. The number of hydrogen-bond acceptors (Lipinski definition) is 2. The fourth-order valence-electron chi connectivity index (χ4n) is 5.80. The number of nitrogens with one attached hydrogen (secondary N) is 1. The van der Waals surface area contributed by atoms with Crippen LogP contribution in [-0.4, -0.2) is 46.7 Å². The topological polar surface area (TPSA) is 56.4 Å². The van der Waals surface area contributed by atoms with Gasteiger partial charge in [0.25, 0.3) is 0 Å². The van der Waals surface area contributed by atoms with Gasteiger partial charge in [-0.15, -0.1) is 0 Å². The van der Waals surface area contributed by atoms with Crippen molar-refractivity contribution in [1.82, 2.24) is 14.8 Å². The number of aromatic amines is 1. The Bertz CT molecular complexity index is 939.